The van der Waals surface area contributed by atoms with Crippen LogP contribution >= 0.6 is 0 Å². The molecule has 0 radical (unpaired) electrons. The number of nitrogens with one attached hydrogen (secondary N) is 1. The van der Waals surface area contributed by atoms with Gasteiger partial charge in [0.05, 0.1) is 18.6 Å². The Labute approximate surface area is 211 Å². The van der Waals surface area contributed by atoms with Gasteiger partial charge in [-0.3, -0.25) is 9.59 Å². The highest BCUT2D eigenvalue weighted by atomic mass is 16.5. The predicted molar refractivity (Wildman–Crippen MR) is 131 cm³/mol. The van der Waals surface area contributed by atoms with Gasteiger partial charge in [-0.25, -0.2) is 0 Å². The molecule has 2 aromatic heterocycles. The standard InChI is InChI=1S/C26H25N3O8/c1-14-11-20(32)24(34)25(36-14)17(15-7-8-19(31)21(12-15)35-2)13-22(33)27-10-9-23-28-29-26(37-23)16-5-3-4-6-18(16)30/h3-8,11-12,17,30-31,34H,9-10,13H2,1-2H3,(H,27,33). The Hall–Kier alpha value is -4.80. The molecule has 4 N–H and O–H groups in total. The third kappa shape index (κ3) is 5.72. The SMILES string of the molecule is COc1cc(C(CC(=O)NCCc2nnc(-c3ccccc3O)o2)c2oc(C)cc(=O)c2O)ccc1O. The van der Waals surface area contributed by atoms with Crippen molar-refractivity contribution in [1.82, 2.24) is 15.5 Å². The maximum Gasteiger partial charge on any atom is 0.251 e. The first-order chi connectivity index (χ1) is 17.8. The third-order valence-corrected chi connectivity index (χ3v) is 5.65. The number of phenols is 2. The molecular formula is C26H25N3O8. The summed E-state index contributed by atoms with van der Waals surface area (Å²) < 4.78 is 16.4. The zero-order valence-electron chi connectivity index (χ0n) is 20.1. The van der Waals surface area contributed by atoms with E-state index >= 15 is 0 Å². The molecule has 4 aromatic rings. The third-order valence-electron chi connectivity index (χ3n) is 5.65. The van der Waals surface area contributed by atoms with Gasteiger partial charge in [-0.05, 0) is 36.8 Å². The lowest BCUT2D eigenvalue weighted by Gasteiger charge is -2.18. The highest BCUT2D eigenvalue weighted by Crippen LogP contribution is 2.37. The van der Waals surface area contributed by atoms with Gasteiger partial charge in [0.15, 0.2) is 17.3 Å². The molecule has 0 saturated heterocycles. The Morgan fingerprint density at radius 3 is 2.59 bits per heavy atom. The van der Waals surface area contributed by atoms with E-state index in [1.54, 1.807) is 31.2 Å². The van der Waals surface area contributed by atoms with Crippen LogP contribution in [0.5, 0.6) is 23.0 Å². The summed E-state index contributed by atoms with van der Waals surface area (Å²) in [7, 11) is 1.38. The summed E-state index contributed by atoms with van der Waals surface area (Å²) >= 11 is 0. The second-order valence-corrected chi connectivity index (χ2v) is 8.24. The molecule has 2 heterocycles. The zero-order valence-corrected chi connectivity index (χ0v) is 20.1. The Morgan fingerprint density at radius 2 is 1.84 bits per heavy atom. The van der Waals surface area contributed by atoms with Gasteiger partial charge in [0.2, 0.25) is 23.0 Å². The molecular weight excluding hydrogens is 482 g/mol. The van der Waals surface area contributed by atoms with Crippen LogP contribution in [0.4, 0.5) is 0 Å². The first kappa shape index (κ1) is 25.3. The smallest absolute Gasteiger partial charge is 0.251 e. The molecule has 0 bridgehead atoms. The molecule has 1 amide bonds. The molecule has 0 saturated carbocycles. The maximum absolute atomic E-state index is 12.9. The number of methoxy groups -OCH3 is 1. The Bertz CT molecular complexity index is 1480. The van der Waals surface area contributed by atoms with Crippen molar-refractivity contribution in [3.8, 4) is 34.5 Å². The molecule has 1 unspecified atom stereocenters. The van der Waals surface area contributed by atoms with E-state index in [0.29, 0.717) is 11.1 Å². The van der Waals surface area contributed by atoms with E-state index in [1.807, 2.05) is 0 Å². The molecule has 1 atom stereocenters. The topological polar surface area (TPSA) is 168 Å². The first-order valence-electron chi connectivity index (χ1n) is 11.3. The van der Waals surface area contributed by atoms with E-state index in [0.717, 1.165) is 6.07 Å². The number of nitrogens with zero attached hydrogens (tertiary/aromatic N) is 2. The second-order valence-electron chi connectivity index (χ2n) is 8.24. The summed E-state index contributed by atoms with van der Waals surface area (Å²) in [6.07, 6.45) is 0.0513. The fourth-order valence-corrected chi connectivity index (χ4v) is 3.82. The minimum absolute atomic E-state index is 0.00829. The Kier molecular flexibility index (Phi) is 7.42. The molecule has 0 aliphatic rings. The summed E-state index contributed by atoms with van der Waals surface area (Å²) in [5, 5.41) is 41.0. The van der Waals surface area contributed by atoms with Gasteiger partial charge in [-0.1, -0.05) is 18.2 Å². The lowest BCUT2D eigenvalue weighted by atomic mass is 9.91. The average Bonchev–Trinajstić information content (AvgIpc) is 3.34. The van der Waals surface area contributed by atoms with Crippen LogP contribution in [-0.2, 0) is 11.2 Å². The van der Waals surface area contributed by atoms with Crippen molar-refractivity contribution in [2.24, 2.45) is 0 Å². The van der Waals surface area contributed by atoms with E-state index < -0.39 is 23.0 Å². The van der Waals surface area contributed by atoms with Crippen LogP contribution in [0.2, 0.25) is 0 Å². The van der Waals surface area contributed by atoms with Gasteiger partial charge >= 0.3 is 0 Å². The number of aromatic nitrogens is 2. The van der Waals surface area contributed by atoms with Crippen LogP contribution in [0.1, 0.15) is 35.3 Å². The van der Waals surface area contributed by atoms with Crippen molar-refractivity contribution in [3.63, 3.8) is 0 Å². The lowest BCUT2D eigenvalue weighted by Crippen LogP contribution is -2.27. The van der Waals surface area contributed by atoms with Crippen LogP contribution < -0.4 is 15.5 Å². The number of rotatable bonds is 9. The van der Waals surface area contributed by atoms with Crippen molar-refractivity contribution in [1.29, 1.82) is 0 Å². The molecule has 11 heteroatoms. The highest BCUT2D eigenvalue weighted by molar-refractivity contribution is 5.77. The monoisotopic (exact) mass is 507 g/mol. The number of aryl methyl sites for hydroxylation is 1. The zero-order chi connectivity index (χ0) is 26.5. The Balaban J connectivity index is 1.49. The van der Waals surface area contributed by atoms with Crippen LogP contribution in [0.25, 0.3) is 11.5 Å². The van der Waals surface area contributed by atoms with E-state index in [1.165, 1.54) is 25.3 Å². The molecule has 37 heavy (non-hydrogen) atoms. The lowest BCUT2D eigenvalue weighted by molar-refractivity contribution is -0.121. The highest BCUT2D eigenvalue weighted by Gasteiger charge is 2.27. The van der Waals surface area contributed by atoms with Crippen molar-refractivity contribution in [2.45, 2.75) is 25.7 Å². The number of ether oxygens (including phenoxy) is 1. The summed E-state index contributed by atoms with van der Waals surface area (Å²) in [5.74, 6) is -1.17. The molecule has 0 aliphatic carbocycles. The van der Waals surface area contributed by atoms with E-state index in [2.05, 4.69) is 15.5 Å². The molecule has 0 fully saturated rings. The van der Waals surface area contributed by atoms with Gasteiger partial charge in [0.1, 0.15) is 11.5 Å². The van der Waals surface area contributed by atoms with Crippen LogP contribution in [0.15, 0.2) is 62.2 Å². The number of hydrogen-bond acceptors (Lipinski definition) is 10. The number of benzene rings is 2. The second kappa shape index (κ2) is 10.9. The predicted octanol–water partition coefficient (Wildman–Crippen LogP) is 3.00. The van der Waals surface area contributed by atoms with E-state index in [9.17, 15) is 24.9 Å². The molecule has 11 nitrogen and oxygen atoms in total. The number of phenolic OH excluding ortho intramolecular Hbond substituents is 2. The maximum atomic E-state index is 12.9. The van der Waals surface area contributed by atoms with Gasteiger partial charge in [0, 0.05) is 25.5 Å². The van der Waals surface area contributed by atoms with Crippen LogP contribution in [0.3, 0.4) is 0 Å². The minimum Gasteiger partial charge on any atom is -0.507 e. The number of carbonyl (C=O) groups is 1. The molecule has 0 aliphatic heterocycles. The van der Waals surface area contributed by atoms with Crippen molar-refractivity contribution < 1.29 is 33.7 Å². The molecule has 2 aromatic carbocycles. The first-order valence-corrected chi connectivity index (χ1v) is 11.3. The molecule has 0 spiro atoms. The number of carbonyl (C=O) groups excluding carboxylic acids is 1. The normalized spacial score (nSPS) is 11.7. The van der Waals surface area contributed by atoms with Crippen molar-refractivity contribution in [2.75, 3.05) is 13.7 Å². The summed E-state index contributed by atoms with van der Waals surface area (Å²) in [6, 6.07) is 12.2. The quantitative estimate of drug-likeness (QED) is 0.264. The van der Waals surface area contributed by atoms with Crippen molar-refractivity contribution >= 4 is 5.91 Å². The summed E-state index contributed by atoms with van der Waals surface area (Å²) in [6.45, 7) is 1.73. The average molecular weight is 507 g/mol. The summed E-state index contributed by atoms with van der Waals surface area (Å²) in [4.78, 5) is 25.1. The fraction of sp³-hybridized carbons (Fsp3) is 0.231. The van der Waals surface area contributed by atoms with Gasteiger partial charge < -0.3 is 34.2 Å². The van der Waals surface area contributed by atoms with E-state index in [-0.39, 0.29) is 59.9 Å². The van der Waals surface area contributed by atoms with Gasteiger partial charge in [-0.2, -0.15) is 0 Å². The van der Waals surface area contributed by atoms with Crippen LogP contribution in [0, 0.1) is 6.92 Å². The van der Waals surface area contributed by atoms with Crippen LogP contribution in [-0.4, -0.2) is 45.1 Å². The van der Waals surface area contributed by atoms with Gasteiger partial charge in [0.25, 0.3) is 5.89 Å². The largest absolute Gasteiger partial charge is 0.507 e. The number of hydrogen-bond donors (Lipinski definition) is 4. The molecule has 4 rings (SSSR count). The number of para-hydroxylation sites is 1. The fourth-order valence-electron chi connectivity index (χ4n) is 3.82. The number of amides is 1. The summed E-state index contributed by atoms with van der Waals surface area (Å²) in [5.41, 5.74) is 0.251. The van der Waals surface area contributed by atoms with Crippen molar-refractivity contribution in [3.05, 3.63) is 81.7 Å². The van der Waals surface area contributed by atoms with E-state index in [4.69, 9.17) is 13.6 Å². The van der Waals surface area contributed by atoms with Gasteiger partial charge in [-0.15, -0.1) is 10.2 Å². The Morgan fingerprint density at radius 1 is 1.05 bits per heavy atom. The minimum atomic E-state index is -0.849. The number of aromatic hydroxyl groups is 3. The molecule has 192 valence electrons.